The van der Waals surface area contributed by atoms with Gasteiger partial charge in [-0.1, -0.05) is 44.4 Å². The zero-order valence-electron chi connectivity index (χ0n) is 18.9. The first-order chi connectivity index (χ1) is 15.6. The molecule has 1 N–H and O–H groups in total. The van der Waals surface area contributed by atoms with Gasteiger partial charge in [-0.2, -0.15) is 0 Å². The van der Waals surface area contributed by atoms with Crippen LogP contribution >= 0.6 is 11.6 Å². The van der Waals surface area contributed by atoms with Gasteiger partial charge in [-0.25, -0.2) is 9.97 Å². The van der Waals surface area contributed by atoms with Crippen molar-refractivity contribution < 1.29 is 4.74 Å². The highest BCUT2D eigenvalue weighted by Gasteiger charge is 2.25. The first kappa shape index (κ1) is 22.3. The van der Waals surface area contributed by atoms with Crippen LogP contribution in [-0.2, 0) is 6.42 Å². The van der Waals surface area contributed by atoms with E-state index in [9.17, 15) is 0 Å². The minimum atomic E-state index is 0.520. The fourth-order valence-electron chi connectivity index (χ4n) is 4.02. The molecule has 4 rings (SSSR count). The molecule has 0 spiro atoms. The van der Waals surface area contributed by atoms with Crippen molar-refractivity contribution >= 4 is 28.7 Å². The molecule has 0 saturated heterocycles. The maximum atomic E-state index is 6.51. The van der Waals surface area contributed by atoms with Gasteiger partial charge < -0.3 is 10.1 Å². The standard InChI is InChI=1S/C26H29ClN4O/c1-4-17(3)8-10-21-18(5-2)13-23-25(21)26(30-16-29-23)31-19-9-11-24(22(27)14-19)32-20-7-6-12-28-15-20/h6-7,9,11-12,14-17H,4-5,8,10,13H2,1-3H3,(H,29,30,31). The number of allylic oxidation sites excluding steroid dienone is 2. The topological polar surface area (TPSA) is 59.9 Å². The largest absolute Gasteiger partial charge is 0.454 e. The summed E-state index contributed by atoms with van der Waals surface area (Å²) in [5.41, 5.74) is 6.03. The number of halogens is 1. The molecule has 1 unspecified atom stereocenters. The molecule has 166 valence electrons. The molecule has 1 aliphatic carbocycles. The van der Waals surface area contributed by atoms with Crippen LogP contribution in [0.15, 0.2) is 54.6 Å². The smallest absolute Gasteiger partial charge is 0.146 e. The van der Waals surface area contributed by atoms with Gasteiger partial charge in [-0.3, -0.25) is 4.98 Å². The van der Waals surface area contributed by atoms with E-state index < -0.39 is 0 Å². The molecular formula is C26H29ClN4O. The monoisotopic (exact) mass is 448 g/mol. The molecule has 0 aliphatic heterocycles. The van der Waals surface area contributed by atoms with Crippen molar-refractivity contribution in [1.82, 2.24) is 15.0 Å². The molecule has 0 saturated carbocycles. The number of aromatic nitrogens is 3. The van der Waals surface area contributed by atoms with Crippen molar-refractivity contribution in [1.29, 1.82) is 0 Å². The van der Waals surface area contributed by atoms with Crippen molar-refractivity contribution in [3.63, 3.8) is 0 Å². The Morgan fingerprint density at radius 1 is 1.19 bits per heavy atom. The lowest BCUT2D eigenvalue weighted by Gasteiger charge is -2.16. The predicted octanol–water partition coefficient (Wildman–Crippen LogP) is 7.61. The Balaban J connectivity index is 1.58. The third-order valence-electron chi connectivity index (χ3n) is 6.10. The number of fused-ring (bicyclic) bond motifs is 1. The number of anilines is 2. The third kappa shape index (κ3) is 4.94. The number of hydrogen-bond donors (Lipinski definition) is 1. The van der Waals surface area contributed by atoms with E-state index in [4.69, 9.17) is 16.3 Å². The Bertz CT molecular complexity index is 1110. The number of nitrogens with one attached hydrogen (secondary N) is 1. The molecule has 5 nitrogen and oxygen atoms in total. The van der Waals surface area contributed by atoms with E-state index in [0.717, 1.165) is 36.5 Å². The van der Waals surface area contributed by atoms with Crippen LogP contribution in [0.5, 0.6) is 11.5 Å². The molecule has 1 aliphatic rings. The van der Waals surface area contributed by atoms with Crippen LogP contribution in [0, 0.1) is 5.92 Å². The maximum Gasteiger partial charge on any atom is 0.146 e. The molecule has 2 heterocycles. The fraction of sp³-hybridized carbons (Fsp3) is 0.346. The number of nitrogens with zero attached hydrogens (tertiary/aromatic N) is 3. The second-order valence-electron chi connectivity index (χ2n) is 8.27. The van der Waals surface area contributed by atoms with Crippen LogP contribution < -0.4 is 10.1 Å². The molecule has 0 radical (unpaired) electrons. The summed E-state index contributed by atoms with van der Waals surface area (Å²) >= 11 is 6.51. The lowest BCUT2D eigenvalue weighted by atomic mass is 9.94. The van der Waals surface area contributed by atoms with Gasteiger partial charge in [0.05, 0.1) is 16.9 Å². The minimum absolute atomic E-state index is 0.520. The maximum absolute atomic E-state index is 6.51. The highest BCUT2D eigenvalue weighted by atomic mass is 35.5. The van der Waals surface area contributed by atoms with Crippen molar-refractivity contribution in [2.24, 2.45) is 5.92 Å². The average Bonchev–Trinajstić information content (AvgIpc) is 3.18. The van der Waals surface area contributed by atoms with Crippen molar-refractivity contribution in [3.8, 4) is 11.5 Å². The zero-order chi connectivity index (χ0) is 22.5. The van der Waals surface area contributed by atoms with Crippen molar-refractivity contribution in [2.45, 2.75) is 52.9 Å². The second-order valence-corrected chi connectivity index (χ2v) is 8.68. The Hall–Kier alpha value is -2.92. The van der Waals surface area contributed by atoms with E-state index in [1.807, 2.05) is 30.3 Å². The Morgan fingerprint density at radius 2 is 2.06 bits per heavy atom. The van der Waals surface area contributed by atoms with Gasteiger partial charge in [-0.05, 0) is 61.1 Å². The quantitative estimate of drug-likeness (QED) is 0.365. The second kappa shape index (κ2) is 10.1. The first-order valence-electron chi connectivity index (χ1n) is 11.3. The molecule has 1 aromatic carbocycles. The highest BCUT2D eigenvalue weighted by Crippen LogP contribution is 2.41. The SMILES string of the molecule is CCC1=C(CCC(C)CC)c2c(ncnc2Nc2ccc(Oc3cccnc3)c(Cl)c2)C1. The van der Waals surface area contributed by atoms with E-state index in [0.29, 0.717) is 22.4 Å². The summed E-state index contributed by atoms with van der Waals surface area (Å²) in [5, 5.41) is 3.99. The van der Waals surface area contributed by atoms with Crippen molar-refractivity contribution in [3.05, 3.63) is 70.9 Å². The summed E-state index contributed by atoms with van der Waals surface area (Å²) < 4.78 is 5.84. The van der Waals surface area contributed by atoms with E-state index in [-0.39, 0.29) is 0 Å². The molecule has 2 aromatic heterocycles. The number of pyridine rings is 1. The van der Waals surface area contributed by atoms with Gasteiger partial charge in [0.2, 0.25) is 0 Å². The Labute approximate surface area is 194 Å². The van der Waals surface area contributed by atoms with Crippen LogP contribution in [0.25, 0.3) is 5.57 Å². The van der Waals surface area contributed by atoms with Gasteiger partial charge in [0, 0.05) is 23.9 Å². The summed E-state index contributed by atoms with van der Waals surface area (Å²) in [6.45, 7) is 6.80. The molecule has 0 amide bonds. The third-order valence-corrected chi connectivity index (χ3v) is 6.40. The van der Waals surface area contributed by atoms with E-state index >= 15 is 0 Å². The molecule has 0 bridgehead atoms. The van der Waals surface area contributed by atoms with Gasteiger partial charge in [0.1, 0.15) is 23.6 Å². The lowest BCUT2D eigenvalue weighted by molar-refractivity contribution is 0.480. The summed E-state index contributed by atoms with van der Waals surface area (Å²) in [6, 6.07) is 9.34. The van der Waals surface area contributed by atoms with Crippen LogP contribution in [-0.4, -0.2) is 15.0 Å². The van der Waals surface area contributed by atoms with Crippen LogP contribution in [0.4, 0.5) is 11.5 Å². The van der Waals surface area contributed by atoms with Crippen LogP contribution in [0.3, 0.4) is 0 Å². The molecule has 1 atom stereocenters. The summed E-state index contributed by atoms with van der Waals surface area (Å²) in [4.78, 5) is 13.3. The Morgan fingerprint density at radius 3 is 2.78 bits per heavy atom. The molecule has 6 heteroatoms. The fourth-order valence-corrected chi connectivity index (χ4v) is 4.24. The van der Waals surface area contributed by atoms with Gasteiger partial charge in [-0.15, -0.1) is 0 Å². The first-order valence-corrected chi connectivity index (χ1v) is 11.7. The van der Waals surface area contributed by atoms with E-state index in [1.165, 1.54) is 29.6 Å². The lowest BCUT2D eigenvalue weighted by Crippen LogP contribution is -2.02. The Kier molecular flexibility index (Phi) is 7.05. The summed E-state index contributed by atoms with van der Waals surface area (Å²) in [5.74, 6) is 2.78. The van der Waals surface area contributed by atoms with Crippen LogP contribution in [0.1, 0.15) is 57.7 Å². The molecular weight excluding hydrogens is 420 g/mol. The number of ether oxygens (including phenoxy) is 1. The number of rotatable bonds is 9. The normalized spacial score (nSPS) is 13.8. The number of hydrogen-bond acceptors (Lipinski definition) is 5. The average molecular weight is 449 g/mol. The van der Waals surface area contributed by atoms with Gasteiger partial charge in [0.15, 0.2) is 0 Å². The number of benzene rings is 1. The summed E-state index contributed by atoms with van der Waals surface area (Å²) in [7, 11) is 0. The molecule has 3 aromatic rings. The van der Waals surface area contributed by atoms with E-state index in [1.54, 1.807) is 18.7 Å². The van der Waals surface area contributed by atoms with E-state index in [2.05, 4.69) is 41.0 Å². The van der Waals surface area contributed by atoms with Crippen molar-refractivity contribution in [2.75, 3.05) is 5.32 Å². The highest BCUT2D eigenvalue weighted by molar-refractivity contribution is 6.32. The molecule has 0 fully saturated rings. The predicted molar refractivity (Wildman–Crippen MR) is 131 cm³/mol. The summed E-state index contributed by atoms with van der Waals surface area (Å²) in [6.07, 6.45) is 10.4. The van der Waals surface area contributed by atoms with Crippen LogP contribution in [0.2, 0.25) is 5.02 Å². The minimum Gasteiger partial charge on any atom is -0.454 e. The van der Waals surface area contributed by atoms with Gasteiger partial charge in [0.25, 0.3) is 0 Å². The molecule has 32 heavy (non-hydrogen) atoms. The zero-order valence-corrected chi connectivity index (χ0v) is 19.6. The van der Waals surface area contributed by atoms with Gasteiger partial charge >= 0.3 is 0 Å².